The molecule has 0 bridgehead atoms. The van der Waals surface area contributed by atoms with Gasteiger partial charge in [-0.25, -0.2) is 0 Å². The minimum Gasteiger partial charge on any atom is -0.467 e. The van der Waals surface area contributed by atoms with E-state index in [1.807, 2.05) is 30.3 Å². The van der Waals surface area contributed by atoms with Gasteiger partial charge in [-0.15, -0.1) is 11.3 Å². The van der Waals surface area contributed by atoms with Gasteiger partial charge in [0.25, 0.3) is 11.8 Å². The normalized spacial score (nSPS) is 10.7. The third-order valence-corrected chi connectivity index (χ3v) is 5.72. The number of hydrogen-bond donors (Lipinski definition) is 1. The van der Waals surface area contributed by atoms with Gasteiger partial charge in [0.1, 0.15) is 5.76 Å². The Morgan fingerprint density at radius 1 is 1.14 bits per heavy atom. The van der Waals surface area contributed by atoms with Crippen molar-refractivity contribution in [2.45, 2.75) is 33.4 Å². The molecule has 0 saturated carbocycles. The predicted molar refractivity (Wildman–Crippen MR) is 111 cm³/mol. The van der Waals surface area contributed by atoms with Crippen molar-refractivity contribution in [1.82, 2.24) is 10.2 Å². The van der Waals surface area contributed by atoms with Crippen LogP contribution >= 0.6 is 11.3 Å². The lowest BCUT2D eigenvalue weighted by Crippen LogP contribution is -2.29. The Morgan fingerprint density at radius 3 is 2.46 bits per heavy atom. The van der Waals surface area contributed by atoms with Gasteiger partial charge < -0.3 is 14.6 Å². The highest BCUT2D eigenvalue weighted by Crippen LogP contribution is 2.25. The maximum Gasteiger partial charge on any atom is 0.264 e. The molecule has 2 amide bonds. The van der Waals surface area contributed by atoms with E-state index in [-0.39, 0.29) is 11.8 Å². The van der Waals surface area contributed by atoms with Gasteiger partial charge >= 0.3 is 0 Å². The lowest BCUT2D eigenvalue weighted by Gasteiger charge is -2.21. The topological polar surface area (TPSA) is 62.6 Å². The summed E-state index contributed by atoms with van der Waals surface area (Å²) in [5.74, 6) is 0.593. The summed E-state index contributed by atoms with van der Waals surface area (Å²) in [4.78, 5) is 28.6. The molecule has 0 aliphatic carbocycles. The van der Waals surface area contributed by atoms with Crippen molar-refractivity contribution in [2.75, 3.05) is 7.05 Å². The summed E-state index contributed by atoms with van der Waals surface area (Å²) in [6.07, 6.45) is 2.52. The molecule has 1 aromatic carbocycles. The van der Waals surface area contributed by atoms with Crippen LogP contribution in [0.2, 0.25) is 0 Å². The fourth-order valence-corrected chi connectivity index (χ4v) is 4.13. The number of thiophene rings is 1. The van der Waals surface area contributed by atoms with Crippen molar-refractivity contribution in [3.05, 3.63) is 80.9 Å². The molecule has 0 aliphatic heterocycles. The van der Waals surface area contributed by atoms with E-state index in [1.54, 1.807) is 30.3 Å². The second-order valence-corrected chi connectivity index (χ2v) is 7.82. The first kappa shape index (κ1) is 19.9. The molecule has 2 aromatic heterocycles. The van der Waals surface area contributed by atoms with E-state index in [9.17, 15) is 9.59 Å². The lowest BCUT2D eigenvalue weighted by molar-refractivity contribution is 0.0722. The van der Waals surface area contributed by atoms with Crippen LogP contribution in [0.15, 0.2) is 53.1 Å². The largest absolute Gasteiger partial charge is 0.467 e. The Morgan fingerprint density at radius 2 is 1.89 bits per heavy atom. The molecule has 3 aromatic rings. The van der Waals surface area contributed by atoms with Crippen molar-refractivity contribution < 1.29 is 14.0 Å². The zero-order chi connectivity index (χ0) is 20.1. The van der Waals surface area contributed by atoms with Crippen molar-refractivity contribution in [3.63, 3.8) is 0 Å². The maximum atomic E-state index is 13.2. The number of rotatable bonds is 7. The highest BCUT2D eigenvalue weighted by atomic mass is 32.1. The maximum absolute atomic E-state index is 13.2. The molecule has 0 fully saturated rings. The Balaban J connectivity index is 1.84. The third kappa shape index (κ3) is 4.51. The number of amides is 2. The highest BCUT2D eigenvalue weighted by Gasteiger charge is 2.21. The molecular weight excluding hydrogens is 372 g/mol. The minimum absolute atomic E-state index is 0.0143. The average molecular weight is 397 g/mol. The van der Waals surface area contributed by atoms with Crippen LogP contribution in [0.1, 0.15) is 48.7 Å². The predicted octanol–water partition coefficient (Wildman–Crippen LogP) is 4.41. The van der Waals surface area contributed by atoms with Crippen molar-refractivity contribution in [2.24, 2.45) is 0 Å². The molecule has 0 saturated heterocycles. The molecule has 5 nitrogen and oxygen atoms in total. The fraction of sp³-hybridized carbons (Fsp3) is 0.273. The molecule has 0 radical (unpaired) electrons. The van der Waals surface area contributed by atoms with E-state index < -0.39 is 0 Å². The van der Waals surface area contributed by atoms with Gasteiger partial charge in [-0.05, 0) is 54.8 Å². The second kappa shape index (κ2) is 8.89. The van der Waals surface area contributed by atoms with Gasteiger partial charge in [-0.1, -0.05) is 19.1 Å². The number of hydrogen-bond acceptors (Lipinski definition) is 4. The molecule has 0 unspecified atom stereocenters. The van der Waals surface area contributed by atoms with Crippen LogP contribution < -0.4 is 5.32 Å². The number of carbonyl (C=O) groups is 2. The molecule has 3 rings (SSSR count). The number of nitrogens with zero attached hydrogens (tertiary/aromatic N) is 1. The van der Waals surface area contributed by atoms with E-state index in [4.69, 9.17) is 4.42 Å². The van der Waals surface area contributed by atoms with Crippen LogP contribution in [0.4, 0.5) is 0 Å². The Hall–Kier alpha value is -2.86. The molecule has 146 valence electrons. The molecule has 2 heterocycles. The summed E-state index contributed by atoms with van der Waals surface area (Å²) in [6.45, 7) is 4.97. The van der Waals surface area contributed by atoms with Gasteiger partial charge in [0.05, 0.1) is 17.7 Å². The van der Waals surface area contributed by atoms with E-state index in [0.717, 1.165) is 22.6 Å². The van der Waals surface area contributed by atoms with E-state index >= 15 is 0 Å². The highest BCUT2D eigenvalue weighted by molar-refractivity contribution is 7.14. The van der Waals surface area contributed by atoms with Crippen LogP contribution in [0.25, 0.3) is 0 Å². The zero-order valence-corrected chi connectivity index (χ0v) is 17.1. The van der Waals surface area contributed by atoms with Crippen molar-refractivity contribution >= 4 is 23.2 Å². The average Bonchev–Trinajstić information content (AvgIpc) is 3.36. The number of aryl methyl sites for hydroxylation is 2. The van der Waals surface area contributed by atoms with Gasteiger partial charge in [0.2, 0.25) is 0 Å². The zero-order valence-electron chi connectivity index (χ0n) is 16.3. The van der Waals surface area contributed by atoms with Crippen LogP contribution in [-0.2, 0) is 19.5 Å². The number of furan rings is 1. The number of nitrogens with one attached hydrogen (secondary N) is 1. The van der Waals surface area contributed by atoms with Gasteiger partial charge in [0.15, 0.2) is 0 Å². The fourth-order valence-electron chi connectivity index (χ4n) is 3.05. The second-order valence-electron chi connectivity index (χ2n) is 6.56. The van der Waals surface area contributed by atoms with Gasteiger partial charge in [-0.3, -0.25) is 9.59 Å². The molecule has 0 aliphatic rings. The summed E-state index contributed by atoms with van der Waals surface area (Å²) in [5.41, 5.74) is 2.76. The SMILES string of the molecule is CCc1cc(C(=O)N(Cc2ccc(C(=O)NC)cc2)Cc2ccco2)sc1C. The van der Waals surface area contributed by atoms with Gasteiger partial charge in [-0.2, -0.15) is 0 Å². The molecular formula is C22H24N2O3S. The van der Waals surface area contributed by atoms with E-state index in [2.05, 4.69) is 19.2 Å². The van der Waals surface area contributed by atoms with E-state index in [1.165, 1.54) is 21.8 Å². The summed E-state index contributed by atoms with van der Waals surface area (Å²) in [7, 11) is 1.60. The minimum atomic E-state index is -0.128. The Bertz CT molecular complexity index is 943. The molecule has 0 atom stereocenters. The monoisotopic (exact) mass is 396 g/mol. The summed E-state index contributed by atoms with van der Waals surface area (Å²) >= 11 is 1.53. The van der Waals surface area contributed by atoms with Crippen LogP contribution in [0.3, 0.4) is 0 Å². The standard InChI is InChI=1S/C22H24N2O3S/c1-4-17-12-20(28-15(17)2)22(26)24(14-19-6-5-11-27-19)13-16-7-9-18(10-8-16)21(25)23-3/h5-12H,4,13-14H2,1-3H3,(H,23,25). The quantitative estimate of drug-likeness (QED) is 0.643. The van der Waals surface area contributed by atoms with Gasteiger partial charge in [0, 0.05) is 24.0 Å². The molecule has 1 N–H and O–H groups in total. The summed E-state index contributed by atoms with van der Waals surface area (Å²) < 4.78 is 5.46. The number of carbonyl (C=O) groups excluding carboxylic acids is 2. The first-order valence-electron chi connectivity index (χ1n) is 9.23. The van der Waals surface area contributed by atoms with E-state index in [0.29, 0.717) is 18.7 Å². The third-order valence-electron chi connectivity index (χ3n) is 4.64. The van der Waals surface area contributed by atoms with Crippen LogP contribution in [0.5, 0.6) is 0 Å². The first-order chi connectivity index (χ1) is 13.5. The number of benzene rings is 1. The van der Waals surface area contributed by atoms with Crippen molar-refractivity contribution in [1.29, 1.82) is 0 Å². The first-order valence-corrected chi connectivity index (χ1v) is 10.1. The molecule has 28 heavy (non-hydrogen) atoms. The van der Waals surface area contributed by atoms with Crippen LogP contribution in [-0.4, -0.2) is 23.8 Å². The molecule has 6 heteroatoms. The van der Waals surface area contributed by atoms with Crippen LogP contribution in [0, 0.1) is 6.92 Å². The Kier molecular flexibility index (Phi) is 6.31. The van der Waals surface area contributed by atoms with Crippen molar-refractivity contribution in [3.8, 4) is 0 Å². The lowest BCUT2D eigenvalue weighted by atomic mass is 10.1. The smallest absolute Gasteiger partial charge is 0.264 e. The summed E-state index contributed by atoms with van der Waals surface area (Å²) in [5, 5.41) is 2.61. The molecule has 0 spiro atoms. The Labute approximate surface area is 169 Å². The summed E-state index contributed by atoms with van der Waals surface area (Å²) in [6, 6.07) is 13.0.